The second-order valence-corrected chi connectivity index (χ2v) is 8.53. The lowest BCUT2D eigenvalue weighted by molar-refractivity contribution is -0.141. The molecule has 0 atom stereocenters. The van der Waals surface area contributed by atoms with Gasteiger partial charge in [-0.05, 0) is 25.0 Å². The molecule has 0 radical (unpaired) electrons. The van der Waals surface area contributed by atoms with Crippen molar-refractivity contribution in [3.05, 3.63) is 23.0 Å². The average molecular weight is 414 g/mol. The largest absolute Gasteiger partial charge is 0.433 e. The Morgan fingerprint density at radius 2 is 1.73 bits per heavy atom. The van der Waals surface area contributed by atoms with Crippen molar-refractivity contribution in [1.82, 2.24) is 14.2 Å². The van der Waals surface area contributed by atoms with Crippen LogP contribution in [0.3, 0.4) is 0 Å². The first-order valence-corrected chi connectivity index (χ1v) is 10.1. The lowest BCUT2D eigenvalue weighted by atomic mass is 10.1. The molecule has 2 fully saturated rings. The first-order chi connectivity index (χ1) is 12.2. The van der Waals surface area contributed by atoms with Gasteiger partial charge in [-0.1, -0.05) is 11.6 Å². The topological polar surface area (TPSA) is 62.7 Å². The number of rotatable bonds is 3. The molecule has 11 heteroatoms. The molecule has 3 rings (SSSR count). The number of hydrogen-bond acceptors (Lipinski definition) is 5. The summed E-state index contributed by atoms with van der Waals surface area (Å²) in [6, 6.07) is 1.89. The number of ether oxygens (including phenoxy) is 1. The fraction of sp³-hybridized carbons (Fsp3) is 0.667. The van der Waals surface area contributed by atoms with Crippen LogP contribution >= 0.6 is 11.6 Å². The van der Waals surface area contributed by atoms with Gasteiger partial charge < -0.3 is 4.74 Å². The first kappa shape index (κ1) is 19.8. The van der Waals surface area contributed by atoms with Gasteiger partial charge in [-0.3, -0.25) is 4.90 Å². The van der Waals surface area contributed by atoms with Crippen LogP contribution in [0.2, 0.25) is 5.15 Å². The van der Waals surface area contributed by atoms with E-state index < -0.39 is 31.9 Å². The molecule has 146 valence electrons. The Hall–Kier alpha value is -0.940. The van der Waals surface area contributed by atoms with Crippen molar-refractivity contribution >= 4 is 21.6 Å². The van der Waals surface area contributed by atoms with Crippen molar-refractivity contribution in [3.63, 3.8) is 0 Å². The summed E-state index contributed by atoms with van der Waals surface area (Å²) in [5.41, 5.74) is -1.22. The predicted molar refractivity (Wildman–Crippen MR) is 88.4 cm³/mol. The molecule has 2 aliphatic heterocycles. The highest BCUT2D eigenvalue weighted by molar-refractivity contribution is 7.89. The quantitative estimate of drug-likeness (QED) is 0.711. The average Bonchev–Trinajstić information content (AvgIpc) is 2.61. The molecule has 1 aromatic rings. The summed E-state index contributed by atoms with van der Waals surface area (Å²) < 4.78 is 70.1. The third kappa shape index (κ3) is 4.14. The van der Waals surface area contributed by atoms with Crippen molar-refractivity contribution < 1.29 is 26.3 Å². The van der Waals surface area contributed by atoms with E-state index in [4.69, 9.17) is 16.3 Å². The molecular weight excluding hydrogens is 395 g/mol. The summed E-state index contributed by atoms with van der Waals surface area (Å²) in [6.45, 7) is 3.06. The Morgan fingerprint density at radius 1 is 1.12 bits per heavy atom. The standard InChI is InChI=1S/C15H19ClF3N3O3S/c16-14-12(1-2-13(20-14)15(17,18)19)26(23,24)22-7-5-21(6-8-22)11-3-9-25-10-4-11/h1-2,11H,3-10H2. The Labute approximate surface area is 154 Å². The summed E-state index contributed by atoms with van der Waals surface area (Å²) in [6.07, 6.45) is -2.84. The van der Waals surface area contributed by atoms with Crippen LogP contribution < -0.4 is 0 Å². The second-order valence-electron chi connectivity index (χ2n) is 6.27. The van der Waals surface area contributed by atoms with E-state index in [0.717, 1.165) is 18.9 Å². The highest BCUT2D eigenvalue weighted by Gasteiger charge is 2.36. The minimum Gasteiger partial charge on any atom is -0.381 e. The molecule has 0 saturated carbocycles. The molecule has 6 nitrogen and oxygen atoms in total. The first-order valence-electron chi connectivity index (χ1n) is 8.25. The van der Waals surface area contributed by atoms with Gasteiger partial charge in [-0.25, -0.2) is 13.4 Å². The zero-order valence-corrected chi connectivity index (χ0v) is 15.4. The summed E-state index contributed by atoms with van der Waals surface area (Å²) in [5.74, 6) is 0. The number of alkyl halides is 3. The zero-order valence-electron chi connectivity index (χ0n) is 13.9. The van der Waals surface area contributed by atoms with Crippen molar-refractivity contribution in [2.75, 3.05) is 39.4 Å². The molecule has 26 heavy (non-hydrogen) atoms. The smallest absolute Gasteiger partial charge is 0.381 e. The van der Waals surface area contributed by atoms with E-state index in [-0.39, 0.29) is 13.1 Å². The van der Waals surface area contributed by atoms with Gasteiger partial charge in [0.05, 0.1) is 0 Å². The normalized spacial score (nSPS) is 21.8. The molecule has 0 aliphatic carbocycles. The fourth-order valence-corrected chi connectivity index (χ4v) is 5.14. The maximum absolute atomic E-state index is 12.7. The van der Waals surface area contributed by atoms with E-state index in [1.54, 1.807) is 0 Å². The van der Waals surface area contributed by atoms with Crippen LogP contribution in [0.1, 0.15) is 18.5 Å². The van der Waals surface area contributed by atoms with E-state index in [9.17, 15) is 21.6 Å². The van der Waals surface area contributed by atoms with E-state index in [0.29, 0.717) is 38.4 Å². The van der Waals surface area contributed by atoms with E-state index in [1.165, 1.54) is 4.31 Å². The third-order valence-corrected chi connectivity index (χ3v) is 7.03. The zero-order chi connectivity index (χ0) is 18.9. The lowest BCUT2D eigenvalue weighted by Gasteiger charge is -2.40. The molecule has 2 aliphatic rings. The number of halogens is 4. The van der Waals surface area contributed by atoms with Crippen LogP contribution in [0.5, 0.6) is 0 Å². The Morgan fingerprint density at radius 3 is 2.27 bits per heavy atom. The lowest BCUT2D eigenvalue weighted by Crippen LogP contribution is -2.52. The third-order valence-electron chi connectivity index (χ3n) is 4.70. The summed E-state index contributed by atoms with van der Waals surface area (Å²) >= 11 is 5.75. The van der Waals surface area contributed by atoms with Gasteiger partial charge in [0.2, 0.25) is 10.0 Å². The Balaban J connectivity index is 1.71. The number of aromatic nitrogens is 1. The summed E-state index contributed by atoms with van der Waals surface area (Å²) in [7, 11) is -3.99. The molecule has 0 unspecified atom stereocenters. The molecule has 3 heterocycles. The molecule has 0 amide bonds. The van der Waals surface area contributed by atoms with Gasteiger partial charge in [0.15, 0.2) is 0 Å². The van der Waals surface area contributed by atoms with Crippen LogP contribution in [-0.2, 0) is 20.9 Å². The van der Waals surface area contributed by atoms with E-state index in [1.807, 2.05) is 0 Å². The van der Waals surface area contributed by atoms with E-state index >= 15 is 0 Å². The van der Waals surface area contributed by atoms with Crippen molar-refractivity contribution in [1.29, 1.82) is 0 Å². The molecular formula is C15H19ClF3N3O3S. The number of hydrogen-bond donors (Lipinski definition) is 0. The summed E-state index contributed by atoms with van der Waals surface area (Å²) in [4.78, 5) is 5.04. The number of piperazine rings is 1. The minimum atomic E-state index is -4.68. The highest BCUT2D eigenvalue weighted by Crippen LogP contribution is 2.32. The maximum Gasteiger partial charge on any atom is 0.433 e. The van der Waals surface area contributed by atoms with Gasteiger partial charge in [0, 0.05) is 45.4 Å². The van der Waals surface area contributed by atoms with Gasteiger partial charge >= 0.3 is 6.18 Å². The minimum absolute atomic E-state index is 0.261. The van der Waals surface area contributed by atoms with Crippen LogP contribution in [0.15, 0.2) is 17.0 Å². The molecule has 0 spiro atoms. The molecule has 0 N–H and O–H groups in total. The van der Waals surface area contributed by atoms with Gasteiger partial charge in [-0.15, -0.1) is 0 Å². The van der Waals surface area contributed by atoms with Gasteiger partial charge in [0.25, 0.3) is 0 Å². The van der Waals surface area contributed by atoms with Crippen LogP contribution in [0.4, 0.5) is 13.2 Å². The number of sulfonamides is 1. The predicted octanol–water partition coefficient (Wildman–Crippen LogP) is 2.24. The summed E-state index contributed by atoms with van der Waals surface area (Å²) in [5, 5.41) is -0.660. The van der Waals surface area contributed by atoms with Crippen molar-refractivity contribution in [3.8, 4) is 0 Å². The van der Waals surface area contributed by atoms with Gasteiger partial charge in [-0.2, -0.15) is 17.5 Å². The monoisotopic (exact) mass is 413 g/mol. The van der Waals surface area contributed by atoms with Gasteiger partial charge in [0.1, 0.15) is 15.7 Å². The highest BCUT2D eigenvalue weighted by atomic mass is 35.5. The molecule has 0 bridgehead atoms. The molecule has 2 saturated heterocycles. The maximum atomic E-state index is 12.7. The second kappa shape index (κ2) is 7.59. The fourth-order valence-electron chi connectivity index (χ4n) is 3.27. The van der Waals surface area contributed by atoms with Crippen molar-refractivity contribution in [2.24, 2.45) is 0 Å². The van der Waals surface area contributed by atoms with E-state index in [2.05, 4.69) is 9.88 Å². The molecule has 1 aromatic heterocycles. The number of nitrogens with zero attached hydrogens (tertiary/aromatic N) is 3. The van der Waals surface area contributed by atoms with Crippen LogP contribution in [0.25, 0.3) is 0 Å². The SMILES string of the molecule is O=S(=O)(c1ccc(C(F)(F)F)nc1Cl)N1CCN(C2CCOCC2)CC1. The van der Waals surface area contributed by atoms with Crippen LogP contribution in [0, 0.1) is 0 Å². The Bertz CT molecular complexity index is 746. The van der Waals surface area contributed by atoms with Crippen molar-refractivity contribution in [2.45, 2.75) is 30.0 Å². The van der Waals surface area contributed by atoms with Crippen LogP contribution in [-0.4, -0.2) is 68.0 Å². The number of pyridine rings is 1. The molecule has 0 aromatic carbocycles. The Kier molecular flexibility index (Phi) is 5.78.